The summed E-state index contributed by atoms with van der Waals surface area (Å²) in [5, 5.41) is 9.15. The van der Waals surface area contributed by atoms with Gasteiger partial charge < -0.3 is 14.4 Å². The molecule has 0 bridgehead atoms. The summed E-state index contributed by atoms with van der Waals surface area (Å²) in [5.74, 6) is -0.158. The molecule has 0 fully saturated rings. The molecular weight excluding hydrogens is 352 g/mol. The number of aromatic nitrogens is 2. The number of carbonyl (C=O) groups is 1. The van der Waals surface area contributed by atoms with Crippen molar-refractivity contribution in [3.8, 4) is 22.7 Å². The Hall–Kier alpha value is -3.86. The van der Waals surface area contributed by atoms with Crippen LogP contribution in [0.1, 0.15) is 15.9 Å². The Morgan fingerprint density at radius 2 is 1.75 bits per heavy atom. The molecule has 1 N–H and O–H groups in total. The molecule has 0 amide bonds. The minimum absolute atomic E-state index is 0.243. The lowest BCUT2D eigenvalue weighted by Gasteiger charge is -2.07. The van der Waals surface area contributed by atoms with Crippen molar-refractivity contribution in [1.82, 2.24) is 9.55 Å². The molecule has 0 aliphatic heterocycles. The molecule has 0 radical (unpaired) electrons. The molecule has 0 aliphatic carbocycles. The second kappa shape index (κ2) is 7.80. The monoisotopic (exact) mass is 370 g/mol. The Bertz CT molecular complexity index is 1090. The average Bonchev–Trinajstić information content (AvgIpc) is 3.24. The van der Waals surface area contributed by atoms with Crippen LogP contribution in [0.5, 0.6) is 5.75 Å². The first-order valence-corrected chi connectivity index (χ1v) is 8.84. The van der Waals surface area contributed by atoms with Crippen LogP contribution in [0.15, 0.2) is 91.4 Å². The largest absolute Gasteiger partial charge is 0.489 e. The van der Waals surface area contributed by atoms with E-state index in [0.717, 1.165) is 28.3 Å². The van der Waals surface area contributed by atoms with Gasteiger partial charge >= 0.3 is 5.97 Å². The van der Waals surface area contributed by atoms with E-state index in [0.29, 0.717) is 6.61 Å². The van der Waals surface area contributed by atoms with E-state index in [2.05, 4.69) is 4.98 Å². The summed E-state index contributed by atoms with van der Waals surface area (Å²) in [6.07, 6.45) is 3.55. The quantitative estimate of drug-likeness (QED) is 0.529. The van der Waals surface area contributed by atoms with E-state index in [-0.39, 0.29) is 5.56 Å². The Kier molecular flexibility index (Phi) is 4.89. The van der Waals surface area contributed by atoms with E-state index in [1.54, 1.807) is 24.5 Å². The van der Waals surface area contributed by atoms with Crippen molar-refractivity contribution in [2.24, 2.45) is 0 Å². The van der Waals surface area contributed by atoms with Crippen molar-refractivity contribution >= 4 is 5.97 Å². The molecule has 28 heavy (non-hydrogen) atoms. The molecule has 4 aromatic rings. The van der Waals surface area contributed by atoms with E-state index in [9.17, 15) is 4.79 Å². The van der Waals surface area contributed by atoms with E-state index < -0.39 is 5.97 Å². The predicted octanol–water partition coefficient (Wildman–Crippen LogP) is 4.82. The van der Waals surface area contributed by atoms with Crippen LogP contribution in [-0.4, -0.2) is 20.6 Å². The van der Waals surface area contributed by atoms with Gasteiger partial charge in [-0.1, -0.05) is 36.4 Å². The van der Waals surface area contributed by atoms with Crippen LogP contribution >= 0.6 is 0 Å². The summed E-state index contributed by atoms with van der Waals surface area (Å²) in [5.41, 5.74) is 3.87. The fourth-order valence-corrected chi connectivity index (χ4v) is 2.88. The third kappa shape index (κ3) is 3.94. The van der Waals surface area contributed by atoms with Crippen molar-refractivity contribution in [2.45, 2.75) is 6.61 Å². The Morgan fingerprint density at radius 1 is 0.964 bits per heavy atom. The lowest BCUT2D eigenvalue weighted by Crippen LogP contribution is -1.98. The third-order valence-corrected chi connectivity index (χ3v) is 4.37. The van der Waals surface area contributed by atoms with Gasteiger partial charge in [-0.25, -0.2) is 9.78 Å². The van der Waals surface area contributed by atoms with E-state index >= 15 is 0 Å². The number of carboxylic acids is 1. The number of carboxylic acid groups (broad SMARTS) is 1. The molecule has 0 atom stereocenters. The Morgan fingerprint density at radius 3 is 2.50 bits per heavy atom. The number of imidazole rings is 1. The zero-order valence-corrected chi connectivity index (χ0v) is 15.0. The fourth-order valence-electron chi connectivity index (χ4n) is 2.88. The summed E-state index contributed by atoms with van der Waals surface area (Å²) in [7, 11) is 0. The maximum Gasteiger partial charge on any atom is 0.335 e. The highest BCUT2D eigenvalue weighted by atomic mass is 16.5. The summed E-state index contributed by atoms with van der Waals surface area (Å²) >= 11 is 0. The molecule has 3 aromatic carbocycles. The van der Waals surface area contributed by atoms with Gasteiger partial charge in [0.05, 0.1) is 17.6 Å². The lowest BCUT2D eigenvalue weighted by molar-refractivity contribution is 0.0697. The first-order chi connectivity index (χ1) is 13.7. The first-order valence-electron chi connectivity index (χ1n) is 8.84. The van der Waals surface area contributed by atoms with Crippen molar-refractivity contribution in [3.05, 3.63) is 103 Å². The molecule has 0 saturated carbocycles. The van der Waals surface area contributed by atoms with Crippen LogP contribution in [0.2, 0.25) is 0 Å². The Labute approximate surface area is 162 Å². The molecule has 4 rings (SSSR count). The normalized spacial score (nSPS) is 10.6. The topological polar surface area (TPSA) is 64.3 Å². The van der Waals surface area contributed by atoms with E-state index in [1.807, 2.05) is 71.4 Å². The van der Waals surface area contributed by atoms with Gasteiger partial charge in [0.1, 0.15) is 12.4 Å². The number of hydrogen-bond donors (Lipinski definition) is 1. The van der Waals surface area contributed by atoms with E-state index in [4.69, 9.17) is 9.84 Å². The molecule has 0 spiro atoms. The van der Waals surface area contributed by atoms with Gasteiger partial charge in [-0.05, 0) is 48.0 Å². The fraction of sp³-hybridized carbons (Fsp3) is 0.0435. The van der Waals surface area contributed by atoms with Crippen molar-refractivity contribution in [1.29, 1.82) is 0 Å². The van der Waals surface area contributed by atoms with Gasteiger partial charge in [0.15, 0.2) is 0 Å². The summed E-state index contributed by atoms with van der Waals surface area (Å²) < 4.78 is 7.62. The van der Waals surface area contributed by atoms with Crippen LogP contribution in [0.25, 0.3) is 16.9 Å². The average molecular weight is 370 g/mol. The molecule has 5 nitrogen and oxygen atoms in total. The minimum atomic E-state index is -0.951. The van der Waals surface area contributed by atoms with Crippen LogP contribution < -0.4 is 4.74 Å². The standard InChI is InChI=1S/C23H18N2O3/c26-23(27)19-7-4-8-20(13-19)25-14-22(24-16-25)18-9-11-21(12-10-18)28-15-17-5-2-1-3-6-17/h1-14,16H,15H2,(H,26,27). The van der Waals surface area contributed by atoms with Crippen LogP contribution in [0.4, 0.5) is 0 Å². The lowest BCUT2D eigenvalue weighted by atomic mass is 10.1. The maximum absolute atomic E-state index is 11.2. The van der Waals surface area contributed by atoms with Gasteiger partial charge in [0, 0.05) is 17.4 Å². The highest BCUT2D eigenvalue weighted by molar-refractivity contribution is 5.88. The summed E-state index contributed by atoms with van der Waals surface area (Å²) in [6, 6.07) is 24.5. The maximum atomic E-state index is 11.2. The van der Waals surface area contributed by atoms with Crippen molar-refractivity contribution < 1.29 is 14.6 Å². The van der Waals surface area contributed by atoms with Gasteiger partial charge in [-0.2, -0.15) is 0 Å². The minimum Gasteiger partial charge on any atom is -0.489 e. The van der Waals surface area contributed by atoms with E-state index in [1.165, 1.54) is 0 Å². The number of rotatable bonds is 6. The number of nitrogens with zero attached hydrogens (tertiary/aromatic N) is 2. The highest BCUT2D eigenvalue weighted by Gasteiger charge is 2.07. The zero-order valence-electron chi connectivity index (χ0n) is 15.0. The molecule has 1 heterocycles. The first kappa shape index (κ1) is 17.5. The van der Waals surface area contributed by atoms with Gasteiger partial charge in [0.25, 0.3) is 0 Å². The molecule has 0 aliphatic rings. The highest BCUT2D eigenvalue weighted by Crippen LogP contribution is 2.23. The third-order valence-electron chi connectivity index (χ3n) is 4.37. The number of ether oxygens (including phenoxy) is 1. The van der Waals surface area contributed by atoms with Gasteiger partial charge in [0.2, 0.25) is 0 Å². The Balaban J connectivity index is 1.48. The zero-order chi connectivity index (χ0) is 19.3. The van der Waals surface area contributed by atoms with Gasteiger partial charge in [-0.15, -0.1) is 0 Å². The second-order valence-corrected chi connectivity index (χ2v) is 6.32. The molecule has 138 valence electrons. The second-order valence-electron chi connectivity index (χ2n) is 6.32. The smallest absolute Gasteiger partial charge is 0.335 e. The molecule has 0 saturated heterocycles. The summed E-state index contributed by atoms with van der Waals surface area (Å²) in [6.45, 7) is 0.523. The molecule has 1 aromatic heterocycles. The van der Waals surface area contributed by atoms with Gasteiger partial charge in [-0.3, -0.25) is 0 Å². The predicted molar refractivity (Wildman–Crippen MR) is 107 cm³/mol. The summed E-state index contributed by atoms with van der Waals surface area (Å²) in [4.78, 5) is 15.6. The number of benzene rings is 3. The van der Waals surface area contributed by atoms with Crippen LogP contribution in [0.3, 0.4) is 0 Å². The van der Waals surface area contributed by atoms with Crippen molar-refractivity contribution in [3.63, 3.8) is 0 Å². The van der Waals surface area contributed by atoms with Crippen LogP contribution in [-0.2, 0) is 6.61 Å². The van der Waals surface area contributed by atoms with Crippen molar-refractivity contribution in [2.75, 3.05) is 0 Å². The molecule has 5 heteroatoms. The number of hydrogen-bond acceptors (Lipinski definition) is 3. The number of aromatic carboxylic acids is 1. The molecule has 0 unspecified atom stereocenters. The SMILES string of the molecule is O=C(O)c1cccc(-n2cnc(-c3ccc(OCc4ccccc4)cc3)c2)c1. The van der Waals surface area contributed by atoms with Crippen LogP contribution in [0, 0.1) is 0 Å². The molecular formula is C23H18N2O3.